The van der Waals surface area contributed by atoms with Crippen molar-refractivity contribution in [2.75, 3.05) is 24.6 Å². The number of hydrogen-bond donors (Lipinski definition) is 0. The largest absolute Gasteiger partial charge is 0.336 e. The van der Waals surface area contributed by atoms with Gasteiger partial charge in [0.15, 0.2) is 21.5 Å². The molecule has 1 aromatic rings. The molecule has 5 nitrogen and oxygen atoms in total. The van der Waals surface area contributed by atoms with Crippen molar-refractivity contribution in [1.29, 1.82) is 0 Å². The van der Waals surface area contributed by atoms with Gasteiger partial charge in [0, 0.05) is 32.1 Å². The molecule has 0 radical (unpaired) electrons. The Morgan fingerprint density at radius 3 is 2.54 bits per heavy atom. The molecule has 2 heterocycles. The molecule has 2 saturated heterocycles. The summed E-state index contributed by atoms with van der Waals surface area (Å²) in [6, 6.07) is 3.05. The molecule has 24 heavy (non-hydrogen) atoms. The van der Waals surface area contributed by atoms with Crippen LogP contribution in [0.5, 0.6) is 0 Å². The molecule has 0 saturated carbocycles. The van der Waals surface area contributed by atoms with Crippen molar-refractivity contribution in [2.24, 2.45) is 0 Å². The van der Waals surface area contributed by atoms with Crippen LogP contribution in [-0.2, 0) is 21.2 Å². The Labute approximate surface area is 140 Å². The van der Waals surface area contributed by atoms with Gasteiger partial charge in [-0.25, -0.2) is 17.2 Å². The maximum atomic E-state index is 13.4. The number of piperazine rings is 1. The molecule has 2 aliphatic heterocycles. The summed E-state index contributed by atoms with van der Waals surface area (Å²) >= 11 is 0. The summed E-state index contributed by atoms with van der Waals surface area (Å²) in [7, 11) is -3.21. The predicted molar refractivity (Wildman–Crippen MR) is 85.0 cm³/mol. The van der Waals surface area contributed by atoms with Crippen molar-refractivity contribution in [3.63, 3.8) is 0 Å². The van der Waals surface area contributed by atoms with Gasteiger partial charge in [-0.05, 0) is 17.7 Å². The van der Waals surface area contributed by atoms with Crippen LogP contribution in [0, 0.1) is 11.6 Å². The number of halogens is 2. The van der Waals surface area contributed by atoms with Crippen molar-refractivity contribution in [1.82, 2.24) is 9.80 Å². The maximum absolute atomic E-state index is 13.4. The molecule has 0 spiro atoms. The molecule has 1 amide bonds. The topological polar surface area (TPSA) is 57.7 Å². The molecule has 3 rings (SSSR count). The first-order valence-corrected chi connectivity index (χ1v) is 9.80. The number of nitrogens with zero attached hydrogens (tertiary/aromatic N) is 2. The average molecular weight is 358 g/mol. The van der Waals surface area contributed by atoms with E-state index >= 15 is 0 Å². The third-order valence-corrected chi connectivity index (χ3v) is 6.48. The van der Waals surface area contributed by atoms with Crippen LogP contribution in [0.2, 0.25) is 0 Å². The SMILES string of the molecule is CCC(=O)N1CCN(Cc2ccc(F)c(F)c2)[C@@H]2CS(=O)(=O)C[C@@H]21. The first kappa shape index (κ1) is 17.3. The van der Waals surface area contributed by atoms with Crippen molar-refractivity contribution in [2.45, 2.75) is 32.0 Å². The number of fused-ring (bicyclic) bond motifs is 1. The highest BCUT2D eigenvalue weighted by Gasteiger charge is 2.47. The molecule has 2 aliphatic rings. The lowest BCUT2D eigenvalue weighted by Gasteiger charge is -2.44. The Balaban J connectivity index is 1.82. The van der Waals surface area contributed by atoms with Crippen LogP contribution in [0.1, 0.15) is 18.9 Å². The third-order valence-electron chi connectivity index (χ3n) is 4.78. The second kappa shape index (κ2) is 6.40. The van der Waals surface area contributed by atoms with Crippen molar-refractivity contribution >= 4 is 15.7 Å². The van der Waals surface area contributed by atoms with E-state index in [2.05, 4.69) is 0 Å². The van der Waals surface area contributed by atoms with E-state index in [1.165, 1.54) is 6.07 Å². The molecule has 0 N–H and O–H groups in total. The number of rotatable bonds is 3. The summed E-state index contributed by atoms with van der Waals surface area (Å²) in [5, 5.41) is 0. The first-order valence-electron chi connectivity index (χ1n) is 7.98. The van der Waals surface area contributed by atoms with Crippen LogP contribution in [0.3, 0.4) is 0 Å². The lowest BCUT2D eigenvalue weighted by molar-refractivity contribution is -0.136. The van der Waals surface area contributed by atoms with E-state index in [1.54, 1.807) is 11.8 Å². The van der Waals surface area contributed by atoms with Crippen LogP contribution in [0.15, 0.2) is 18.2 Å². The Bertz CT molecular complexity index is 754. The average Bonchev–Trinajstić information content (AvgIpc) is 2.86. The van der Waals surface area contributed by atoms with E-state index < -0.39 is 21.5 Å². The summed E-state index contributed by atoms with van der Waals surface area (Å²) in [6.07, 6.45) is 0.340. The van der Waals surface area contributed by atoms with E-state index in [0.29, 0.717) is 31.6 Å². The van der Waals surface area contributed by atoms with Gasteiger partial charge in [-0.1, -0.05) is 13.0 Å². The Kier molecular flexibility index (Phi) is 4.61. The second-order valence-electron chi connectivity index (χ2n) is 6.37. The minimum atomic E-state index is -3.21. The molecule has 0 unspecified atom stereocenters. The third kappa shape index (κ3) is 3.30. The van der Waals surface area contributed by atoms with Crippen LogP contribution < -0.4 is 0 Å². The number of amides is 1. The van der Waals surface area contributed by atoms with Crippen molar-refractivity contribution in [3.8, 4) is 0 Å². The molecule has 8 heteroatoms. The summed E-state index contributed by atoms with van der Waals surface area (Å²) in [5.41, 5.74) is 0.590. The highest BCUT2D eigenvalue weighted by atomic mass is 32.2. The van der Waals surface area contributed by atoms with E-state index in [9.17, 15) is 22.0 Å². The van der Waals surface area contributed by atoms with E-state index in [0.717, 1.165) is 12.1 Å². The Hall–Kier alpha value is -1.54. The molecule has 2 fully saturated rings. The normalized spacial score (nSPS) is 26.4. The standard InChI is InChI=1S/C16H20F2N2O3S/c1-2-16(21)20-6-5-19(14-9-24(22,23)10-15(14)20)8-11-3-4-12(17)13(18)7-11/h3-4,7,14-15H,2,5-6,8-10H2,1H3/t14-,15+/m1/s1. The summed E-state index contributed by atoms with van der Waals surface area (Å²) in [4.78, 5) is 15.7. The van der Waals surface area contributed by atoms with E-state index in [4.69, 9.17) is 0 Å². The smallest absolute Gasteiger partial charge is 0.222 e. The van der Waals surface area contributed by atoms with Gasteiger partial charge >= 0.3 is 0 Å². The zero-order valence-electron chi connectivity index (χ0n) is 13.4. The zero-order chi connectivity index (χ0) is 17.5. The minimum Gasteiger partial charge on any atom is -0.336 e. The van der Waals surface area contributed by atoms with Crippen LogP contribution in [0.4, 0.5) is 8.78 Å². The predicted octanol–water partition coefficient (Wildman–Crippen LogP) is 1.18. The fraction of sp³-hybridized carbons (Fsp3) is 0.562. The van der Waals surface area contributed by atoms with Crippen LogP contribution in [-0.4, -0.2) is 60.8 Å². The van der Waals surface area contributed by atoms with Gasteiger partial charge in [0.25, 0.3) is 0 Å². The van der Waals surface area contributed by atoms with Gasteiger partial charge in [0.2, 0.25) is 5.91 Å². The fourth-order valence-corrected chi connectivity index (χ4v) is 5.62. The molecule has 0 aliphatic carbocycles. The summed E-state index contributed by atoms with van der Waals surface area (Å²) in [5.74, 6) is -1.90. The summed E-state index contributed by atoms with van der Waals surface area (Å²) in [6.45, 7) is 3.06. The van der Waals surface area contributed by atoms with E-state index in [-0.39, 0.29) is 29.5 Å². The van der Waals surface area contributed by atoms with Crippen LogP contribution in [0.25, 0.3) is 0 Å². The van der Waals surface area contributed by atoms with E-state index in [1.807, 2.05) is 4.90 Å². The summed E-state index contributed by atoms with van der Waals surface area (Å²) < 4.78 is 50.6. The lowest BCUT2D eigenvalue weighted by atomic mass is 10.0. The highest BCUT2D eigenvalue weighted by molar-refractivity contribution is 7.91. The number of sulfone groups is 1. The Morgan fingerprint density at radius 1 is 1.17 bits per heavy atom. The Morgan fingerprint density at radius 2 is 1.88 bits per heavy atom. The van der Waals surface area contributed by atoms with Gasteiger partial charge in [0.05, 0.1) is 17.5 Å². The first-order chi connectivity index (χ1) is 11.3. The van der Waals surface area contributed by atoms with Gasteiger partial charge in [-0.2, -0.15) is 0 Å². The van der Waals surface area contributed by atoms with Crippen molar-refractivity contribution in [3.05, 3.63) is 35.4 Å². The van der Waals surface area contributed by atoms with Gasteiger partial charge in [-0.3, -0.25) is 9.69 Å². The second-order valence-corrected chi connectivity index (χ2v) is 8.53. The molecule has 132 valence electrons. The molecular weight excluding hydrogens is 338 g/mol. The number of carbonyl (C=O) groups is 1. The molecule has 1 aromatic carbocycles. The number of benzene rings is 1. The van der Waals surface area contributed by atoms with Gasteiger partial charge in [0.1, 0.15) is 0 Å². The molecule has 0 bridgehead atoms. The monoisotopic (exact) mass is 358 g/mol. The molecular formula is C16H20F2N2O3S. The van der Waals surface area contributed by atoms with Gasteiger partial charge in [-0.15, -0.1) is 0 Å². The molecule has 0 aromatic heterocycles. The lowest BCUT2D eigenvalue weighted by Crippen LogP contribution is -2.60. The minimum absolute atomic E-state index is 0.00512. The molecule has 2 atom stereocenters. The fourth-order valence-electron chi connectivity index (χ4n) is 3.61. The zero-order valence-corrected chi connectivity index (χ0v) is 14.2. The van der Waals surface area contributed by atoms with Crippen LogP contribution >= 0.6 is 0 Å². The highest BCUT2D eigenvalue weighted by Crippen LogP contribution is 2.28. The quantitative estimate of drug-likeness (QED) is 0.814. The van der Waals surface area contributed by atoms with Crippen molar-refractivity contribution < 1.29 is 22.0 Å². The number of carbonyl (C=O) groups excluding carboxylic acids is 1. The number of hydrogen-bond acceptors (Lipinski definition) is 4. The maximum Gasteiger partial charge on any atom is 0.222 e. The van der Waals surface area contributed by atoms with Gasteiger partial charge < -0.3 is 4.90 Å².